The molecule has 0 unspecified atom stereocenters. The van der Waals surface area contributed by atoms with Crippen LogP contribution in [0, 0.1) is 5.92 Å². The molecule has 0 atom stereocenters. The lowest BCUT2D eigenvalue weighted by molar-refractivity contribution is -0.139. The van der Waals surface area contributed by atoms with Crippen LogP contribution in [0.25, 0.3) is 10.9 Å². The molecular weight excluding hydrogens is 302 g/mol. The van der Waals surface area contributed by atoms with Crippen molar-refractivity contribution in [1.82, 2.24) is 14.8 Å². The fraction of sp³-hybridized carbons (Fsp3) is 0.474. The molecule has 1 N–H and O–H groups in total. The number of benzene rings is 1. The van der Waals surface area contributed by atoms with Crippen LogP contribution in [0.3, 0.4) is 0 Å². The van der Waals surface area contributed by atoms with E-state index in [1.807, 2.05) is 29.2 Å². The van der Waals surface area contributed by atoms with Crippen LogP contribution in [0.2, 0.25) is 0 Å². The highest BCUT2D eigenvalue weighted by Gasteiger charge is 2.38. The maximum atomic E-state index is 12.7. The van der Waals surface area contributed by atoms with E-state index in [1.54, 1.807) is 11.1 Å². The summed E-state index contributed by atoms with van der Waals surface area (Å²) >= 11 is 0. The summed E-state index contributed by atoms with van der Waals surface area (Å²) in [6, 6.07) is 7.79. The van der Waals surface area contributed by atoms with Crippen LogP contribution in [0.1, 0.15) is 37.0 Å². The summed E-state index contributed by atoms with van der Waals surface area (Å²) in [7, 11) is 0. The van der Waals surface area contributed by atoms with Gasteiger partial charge in [-0.3, -0.25) is 9.59 Å². The number of carbonyl (C=O) groups excluding carboxylic acids is 2. The lowest BCUT2D eigenvalue weighted by Gasteiger charge is -2.40. The third-order valence-electron chi connectivity index (χ3n) is 4.64. The zero-order chi connectivity index (χ0) is 17.1. The molecule has 1 fully saturated rings. The Morgan fingerprint density at radius 1 is 1.17 bits per heavy atom. The Kier molecular flexibility index (Phi) is 4.88. The Balaban J connectivity index is 1.63. The van der Waals surface area contributed by atoms with Gasteiger partial charge in [0.05, 0.1) is 11.5 Å². The number of likely N-dealkylation sites (tertiary alicyclic amines) is 1. The summed E-state index contributed by atoms with van der Waals surface area (Å²) < 4.78 is 0. The van der Waals surface area contributed by atoms with Crippen molar-refractivity contribution in [2.75, 3.05) is 26.2 Å². The Hall–Kier alpha value is -2.30. The van der Waals surface area contributed by atoms with Gasteiger partial charge in [-0.1, -0.05) is 32.0 Å². The normalized spacial score (nSPS) is 14.7. The maximum Gasteiger partial charge on any atom is 0.256 e. The molecule has 2 heterocycles. The van der Waals surface area contributed by atoms with E-state index in [0.29, 0.717) is 18.7 Å². The smallest absolute Gasteiger partial charge is 0.256 e. The van der Waals surface area contributed by atoms with Gasteiger partial charge in [0.1, 0.15) is 0 Å². The van der Waals surface area contributed by atoms with Gasteiger partial charge in [0.15, 0.2) is 0 Å². The lowest BCUT2D eigenvalue weighted by Crippen LogP contribution is -2.56. The lowest BCUT2D eigenvalue weighted by atomic mass is 9.96. The molecule has 1 saturated heterocycles. The average Bonchev–Trinajstić information content (AvgIpc) is 2.97. The maximum absolute atomic E-state index is 12.7. The molecule has 0 bridgehead atoms. The van der Waals surface area contributed by atoms with Crippen molar-refractivity contribution in [3.05, 3.63) is 36.0 Å². The molecule has 1 aliphatic heterocycles. The van der Waals surface area contributed by atoms with Crippen molar-refractivity contribution in [1.29, 1.82) is 0 Å². The van der Waals surface area contributed by atoms with Crippen molar-refractivity contribution >= 4 is 22.7 Å². The van der Waals surface area contributed by atoms with Crippen LogP contribution in [0.15, 0.2) is 30.5 Å². The van der Waals surface area contributed by atoms with Crippen molar-refractivity contribution in [3.63, 3.8) is 0 Å². The number of para-hydroxylation sites is 1. The summed E-state index contributed by atoms with van der Waals surface area (Å²) in [6.45, 7) is 6.84. The Bertz CT molecular complexity index is 725. The van der Waals surface area contributed by atoms with Crippen LogP contribution in [-0.4, -0.2) is 52.8 Å². The molecule has 5 heteroatoms. The van der Waals surface area contributed by atoms with Gasteiger partial charge >= 0.3 is 0 Å². The highest BCUT2D eigenvalue weighted by molar-refractivity contribution is 6.07. The van der Waals surface area contributed by atoms with E-state index in [0.717, 1.165) is 36.8 Å². The average molecular weight is 327 g/mol. The predicted octanol–water partition coefficient (Wildman–Crippen LogP) is 2.89. The van der Waals surface area contributed by atoms with Crippen LogP contribution in [0.4, 0.5) is 0 Å². The molecule has 0 aliphatic carbocycles. The second-order valence-electron chi connectivity index (χ2n) is 6.48. The number of aromatic nitrogens is 1. The second-order valence-corrected chi connectivity index (χ2v) is 6.48. The highest BCUT2D eigenvalue weighted by Crippen LogP contribution is 2.25. The number of rotatable bonds is 6. The number of nitrogens with zero attached hydrogens (tertiary/aromatic N) is 2. The molecule has 2 aromatic rings. The molecule has 5 nitrogen and oxygen atoms in total. The second kappa shape index (κ2) is 7.07. The van der Waals surface area contributed by atoms with Gasteiger partial charge in [0, 0.05) is 43.3 Å². The first-order valence-corrected chi connectivity index (χ1v) is 8.79. The van der Waals surface area contributed by atoms with E-state index in [2.05, 4.69) is 18.8 Å². The van der Waals surface area contributed by atoms with Gasteiger partial charge in [-0.15, -0.1) is 0 Å². The standard InChI is InChI=1S/C19H25N3O2/c1-3-9-21(10-4-2)18(23)14-12-22(13-14)19(24)16-11-20-17-8-6-5-7-15(16)17/h5-8,11,14,20H,3-4,9-10,12-13H2,1-2H3. The molecule has 1 aliphatic rings. The van der Waals surface area contributed by atoms with E-state index < -0.39 is 0 Å². The van der Waals surface area contributed by atoms with Crippen LogP contribution in [-0.2, 0) is 4.79 Å². The van der Waals surface area contributed by atoms with E-state index in [1.165, 1.54) is 0 Å². The van der Waals surface area contributed by atoms with E-state index >= 15 is 0 Å². The molecule has 0 saturated carbocycles. The largest absolute Gasteiger partial charge is 0.360 e. The zero-order valence-electron chi connectivity index (χ0n) is 14.4. The van der Waals surface area contributed by atoms with Gasteiger partial charge in [-0.2, -0.15) is 0 Å². The van der Waals surface area contributed by atoms with Crippen molar-refractivity contribution < 1.29 is 9.59 Å². The molecule has 24 heavy (non-hydrogen) atoms. The number of hydrogen-bond donors (Lipinski definition) is 1. The Labute approximate surface area is 142 Å². The summed E-state index contributed by atoms with van der Waals surface area (Å²) in [4.78, 5) is 32.1. The summed E-state index contributed by atoms with van der Waals surface area (Å²) in [6.07, 6.45) is 3.70. The van der Waals surface area contributed by atoms with E-state index in [4.69, 9.17) is 0 Å². The number of carbonyl (C=O) groups is 2. The SMILES string of the molecule is CCCN(CCC)C(=O)C1CN(C(=O)c2c[nH]c3ccccc23)C1. The van der Waals surface area contributed by atoms with Crippen LogP contribution < -0.4 is 0 Å². The quantitative estimate of drug-likeness (QED) is 0.887. The molecule has 2 amide bonds. The number of hydrogen-bond acceptors (Lipinski definition) is 2. The minimum absolute atomic E-state index is 0.00836. The van der Waals surface area contributed by atoms with Gasteiger partial charge in [-0.05, 0) is 18.9 Å². The van der Waals surface area contributed by atoms with E-state index in [-0.39, 0.29) is 17.7 Å². The Morgan fingerprint density at radius 3 is 2.50 bits per heavy atom. The molecule has 3 rings (SSSR count). The van der Waals surface area contributed by atoms with Crippen LogP contribution >= 0.6 is 0 Å². The molecule has 128 valence electrons. The zero-order valence-corrected chi connectivity index (χ0v) is 14.4. The monoisotopic (exact) mass is 327 g/mol. The number of fused-ring (bicyclic) bond motifs is 1. The molecule has 0 spiro atoms. The van der Waals surface area contributed by atoms with Crippen molar-refractivity contribution in [2.24, 2.45) is 5.92 Å². The topological polar surface area (TPSA) is 56.4 Å². The van der Waals surface area contributed by atoms with Crippen molar-refractivity contribution in [2.45, 2.75) is 26.7 Å². The van der Waals surface area contributed by atoms with Gasteiger partial charge in [0.25, 0.3) is 5.91 Å². The predicted molar refractivity (Wildman–Crippen MR) is 94.9 cm³/mol. The Morgan fingerprint density at radius 2 is 1.83 bits per heavy atom. The van der Waals surface area contributed by atoms with Gasteiger partial charge in [0.2, 0.25) is 5.91 Å². The van der Waals surface area contributed by atoms with Gasteiger partial charge < -0.3 is 14.8 Å². The number of aromatic amines is 1. The fourth-order valence-corrected chi connectivity index (χ4v) is 3.35. The van der Waals surface area contributed by atoms with Crippen LogP contribution in [0.5, 0.6) is 0 Å². The summed E-state index contributed by atoms with van der Waals surface area (Å²) in [5.74, 6) is 0.160. The number of amides is 2. The number of nitrogens with one attached hydrogen (secondary N) is 1. The molecule has 1 aromatic heterocycles. The molecule has 1 aromatic carbocycles. The molecule has 0 radical (unpaired) electrons. The number of H-pyrrole nitrogens is 1. The third-order valence-corrected chi connectivity index (χ3v) is 4.64. The van der Waals surface area contributed by atoms with E-state index in [9.17, 15) is 9.59 Å². The molecular formula is C19H25N3O2. The van der Waals surface area contributed by atoms with Gasteiger partial charge in [-0.25, -0.2) is 0 Å². The van der Waals surface area contributed by atoms with Crippen molar-refractivity contribution in [3.8, 4) is 0 Å². The first kappa shape index (κ1) is 16.6. The summed E-state index contributed by atoms with van der Waals surface area (Å²) in [5.41, 5.74) is 1.65. The minimum atomic E-state index is -0.0442. The first-order valence-electron chi connectivity index (χ1n) is 8.79. The highest BCUT2D eigenvalue weighted by atomic mass is 16.2. The summed E-state index contributed by atoms with van der Waals surface area (Å²) in [5, 5.41) is 0.941. The fourth-order valence-electron chi connectivity index (χ4n) is 3.35. The minimum Gasteiger partial charge on any atom is -0.360 e. The third kappa shape index (κ3) is 3.03. The first-order chi connectivity index (χ1) is 11.7.